The molecule has 2 heteroatoms. The van der Waals surface area contributed by atoms with E-state index < -0.39 is 0 Å². The van der Waals surface area contributed by atoms with E-state index in [9.17, 15) is 0 Å². The van der Waals surface area contributed by atoms with E-state index in [-0.39, 0.29) is 0 Å². The minimum atomic E-state index is 0.718. The molecule has 0 N–H and O–H groups in total. The van der Waals surface area contributed by atoms with Crippen LogP contribution < -0.4 is 0 Å². The summed E-state index contributed by atoms with van der Waals surface area (Å²) in [5.41, 5.74) is 1.47. The van der Waals surface area contributed by atoms with Gasteiger partial charge in [-0.3, -0.25) is 0 Å². The highest BCUT2D eigenvalue weighted by Gasteiger charge is 2.29. The van der Waals surface area contributed by atoms with Crippen LogP contribution in [-0.2, 0) is 12.8 Å². The van der Waals surface area contributed by atoms with Crippen molar-refractivity contribution in [3.05, 3.63) is 21.6 Å². The maximum absolute atomic E-state index is 5.99. The summed E-state index contributed by atoms with van der Waals surface area (Å²) in [6, 6.07) is 0. The van der Waals surface area contributed by atoms with Gasteiger partial charge in [0.15, 0.2) is 0 Å². The number of rotatable bonds is 1. The van der Waals surface area contributed by atoms with E-state index in [1.165, 1.54) is 60.1 Å². The Morgan fingerprint density at radius 1 is 1.07 bits per heavy atom. The normalized spacial score (nSPS) is 21.8. The topological polar surface area (TPSA) is 13.1 Å². The summed E-state index contributed by atoms with van der Waals surface area (Å²) in [6.45, 7) is 0. The number of halogens is 1. The van der Waals surface area contributed by atoms with Gasteiger partial charge in [0.25, 0.3) is 0 Å². The summed E-state index contributed by atoms with van der Waals surface area (Å²) >= 11 is 3.72. The molecule has 1 fully saturated rings. The molecule has 0 atom stereocenters. The predicted octanol–water partition coefficient (Wildman–Crippen LogP) is 4.19. The lowest BCUT2D eigenvalue weighted by Crippen LogP contribution is -2.08. The molecule has 0 spiro atoms. The Morgan fingerprint density at radius 2 is 1.86 bits per heavy atom. The number of fused-ring (bicyclic) bond motifs is 1. The largest absolute Gasteiger partial charge is 0.464 e. The van der Waals surface area contributed by atoms with Gasteiger partial charge in [-0.2, -0.15) is 0 Å². The molecule has 0 aromatic carbocycles. The van der Waals surface area contributed by atoms with Gasteiger partial charge in [-0.15, -0.1) is 0 Å². The summed E-state index contributed by atoms with van der Waals surface area (Å²) < 4.78 is 7.30. The van der Waals surface area contributed by atoms with Crippen molar-refractivity contribution in [2.45, 2.75) is 50.9 Å². The smallest absolute Gasteiger partial charge is 0.121 e. The molecule has 0 saturated heterocycles. The zero-order valence-electron chi connectivity index (χ0n) is 8.31. The Balaban J connectivity index is 2.00. The second kappa shape index (κ2) is 3.41. The average molecular weight is 255 g/mol. The Hall–Kier alpha value is -0.240. The van der Waals surface area contributed by atoms with Crippen LogP contribution in [-0.4, -0.2) is 0 Å². The molecule has 1 heterocycles. The van der Waals surface area contributed by atoms with Crippen molar-refractivity contribution in [2.24, 2.45) is 0 Å². The SMILES string of the molecule is Brc1c(C2CCC2)oc2c1CCCC2. The first-order valence-corrected chi connectivity index (χ1v) is 6.45. The number of furan rings is 1. The molecule has 1 nitrogen and oxygen atoms in total. The van der Waals surface area contributed by atoms with Crippen LogP contribution in [0.15, 0.2) is 8.89 Å². The Kier molecular flexibility index (Phi) is 2.19. The van der Waals surface area contributed by atoms with Crippen LogP contribution in [0.5, 0.6) is 0 Å². The summed E-state index contributed by atoms with van der Waals surface area (Å²) in [6.07, 6.45) is 9.03. The maximum atomic E-state index is 5.99. The molecule has 0 radical (unpaired) electrons. The lowest BCUT2D eigenvalue weighted by molar-refractivity contribution is 0.331. The van der Waals surface area contributed by atoms with Gasteiger partial charge in [-0.1, -0.05) is 6.42 Å². The van der Waals surface area contributed by atoms with E-state index in [2.05, 4.69) is 15.9 Å². The molecule has 0 bridgehead atoms. The molecule has 2 aliphatic rings. The van der Waals surface area contributed by atoms with E-state index in [4.69, 9.17) is 4.42 Å². The van der Waals surface area contributed by atoms with E-state index in [0.29, 0.717) is 0 Å². The summed E-state index contributed by atoms with van der Waals surface area (Å²) in [5.74, 6) is 3.24. The van der Waals surface area contributed by atoms with Crippen LogP contribution in [0.1, 0.15) is 55.1 Å². The third-order valence-electron chi connectivity index (χ3n) is 3.61. The third-order valence-corrected chi connectivity index (χ3v) is 4.48. The molecule has 1 aromatic heterocycles. The Bertz CT molecular complexity index is 349. The van der Waals surface area contributed by atoms with Crippen LogP contribution in [0.4, 0.5) is 0 Å². The predicted molar refractivity (Wildman–Crippen MR) is 59.6 cm³/mol. The van der Waals surface area contributed by atoms with Gasteiger partial charge in [-0.05, 0) is 48.0 Å². The Morgan fingerprint density at radius 3 is 2.50 bits per heavy atom. The van der Waals surface area contributed by atoms with Crippen LogP contribution >= 0.6 is 15.9 Å². The standard InChI is InChI=1S/C12H15BrO/c13-11-9-6-1-2-7-10(9)14-12(11)8-4-3-5-8/h8H,1-7H2. The highest BCUT2D eigenvalue weighted by Crippen LogP contribution is 2.44. The van der Waals surface area contributed by atoms with Gasteiger partial charge >= 0.3 is 0 Å². The summed E-state index contributed by atoms with van der Waals surface area (Å²) in [5, 5.41) is 0. The van der Waals surface area contributed by atoms with Crippen molar-refractivity contribution in [3.63, 3.8) is 0 Å². The third kappa shape index (κ3) is 1.27. The fraction of sp³-hybridized carbons (Fsp3) is 0.667. The van der Waals surface area contributed by atoms with Gasteiger partial charge in [-0.25, -0.2) is 0 Å². The fourth-order valence-corrected chi connectivity index (χ4v) is 3.31. The molecular formula is C12H15BrO. The average Bonchev–Trinajstić information content (AvgIpc) is 2.43. The zero-order chi connectivity index (χ0) is 9.54. The van der Waals surface area contributed by atoms with E-state index in [1.807, 2.05) is 0 Å². The van der Waals surface area contributed by atoms with Gasteiger partial charge in [0.05, 0.1) is 4.47 Å². The zero-order valence-corrected chi connectivity index (χ0v) is 9.90. The molecule has 1 aromatic rings. The lowest BCUT2D eigenvalue weighted by Gasteiger charge is -2.23. The van der Waals surface area contributed by atoms with Gasteiger partial charge in [0.2, 0.25) is 0 Å². The van der Waals surface area contributed by atoms with Gasteiger partial charge in [0.1, 0.15) is 11.5 Å². The molecular weight excluding hydrogens is 240 g/mol. The minimum absolute atomic E-state index is 0.718. The van der Waals surface area contributed by atoms with Crippen molar-refractivity contribution in [3.8, 4) is 0 Å². The molecule has 76 valence electrons. The summed E-state index contributed by atoms with van der Waals surface area (Å²) in [4.78, 5) is 0. The molecule has 3 rings (SSSR count). The quantitative estimate of drug-likeness (QED) is 0.733. The molecule has 0 unspecified atom stereocenters. The second-order valence-corrected chi connectivity index (χ2v) is 5.31. The highest BCUT2D eigenvalue weighted by atomic mass is 79.9. The van der Waals surface area contributed by atoms with Crippen LogP contribution in [0.25, 0.3) is 0 Å². The molecule has 14 heavy (non-hydrogen) atoms. The number of aryl methyl sites for hydroxylation is 1. The van der Waals surface area contributed by atoms with Crippen molar-refractivity contribution < 1.29 is 4.42 Å². The fourth-order valence-electron chi connectivity index (χ4n) is 2.48. The molecule has 1 saturated carbocycles. The van der Waals surface area contributed by atoms with Crippen molar-refractivity contribution in [1.29, 1.82) is 0 Å². The highest BCUT2D eigenvalue weighted by molar-refractivity contribution is 9.10. The van der Waals surface area contributed by atoms with Gasteiger partial charge in [0, 0.05) is 17.9 Å². The minimum Gasteiger partial charge on any atom is -0.464 e. The lowest BCUT2D eigenvalue weighted by atomic mass is 9.83. The van der Waals surface area contributed by atoms with Crippen LogP contribution in [0.2, 0.25) is 0 Å². The van der Waals surface area contributed by atoms with Crippen LogP contribution in [0, 0.1) is 0 Å². The van der Waals surface area contributed by atoms with Crippen molar-refractivity contribution in [2.75, 3.05) is 0 Å². The molecule has 0 amide bonds. The van der Waals surface area contributed by atoms with E-state index >= 15 is 0 Å². The Labute approximate surface area is 93.0 Å². The first kappa shape index (κ1) is 9.02. The number of hydrogen-bond acceptors (Lipinski definition) is 1. The molecule has 2 aliphatic carbocycles. The van der Waals surface area contributed by atoms with Gasteiger partial charge < -0.3 is 4.42 Å². The maximum Gasteiger partial charge on any atom is 0.121 e. The monoisotopic (exact) mass is 254 g/mol. The number of hydrogen-bond donors (Lipinski definition) is 0. The summed E-state index contributed by atoms with van der Waals surface area (Å²) in [7, 11) is 0. The first-order valence-electron chi connectivity index (χ1n) is 5.66. The molecule has 0 aliphatic heterocycles. The van der Waals surface area contributed by atoms with Crippen molar-refractivity contribution in [1.82, 2.24) is 0 Å². The van der Waals surface area contributed by atoms with Crippen molar-refractivity contribution >= 4 is 15.9 Å². The van der Waals surface area contributed by atoms with E-state index in [0.717, 1.165) is 12.3 Å². The second-order valence-electron chi connectivity index (χ2n) is 4.52. The van der Waals surface area contributed by atoms with Crippen LogP contribution in [0.3, 0.4) is 0 Å². The van der Waals surface area contributed by atoms with E-state index in [1.54, 1.807) is 0 Å². The first-order chi connectivity index (χ1) is 6.86.